The molecule has 0 saturated carbocycles. The van der Waals surface area contributed by atoms with Crippen LogP contribution in [-0.4, -0.2) is 6.54 Å². The highest BCUT2D eigenvalue weighted by Gasteiger charge is 2.05. The monoisotopic (exact) mass is 335 g/mol. The van der Waals surface area contributed by atoms with Gasteiger partial charge in [-0.3, -0.25) is 0 Å². The first-order chi connectivity index (χ1) is 7.76. The van der Waals surface area contributed by atoms with E-state index < -0.39 is 0 Å². The van der Waals surface area contributed by atoms with Crippen molar-refractivity contribution < 1.29 is 4.42 Å². The normalized spacial score (nSPS) is 12.9. The van der Waals surface area contributed by atoms with Crippen molar-refractivity contribution in [3.05, 3.63) is 21.7 Å². The van der Waals surface area contributed by atoms with E-state index in [1.54, 1.807) is 0 Å². The fourth-order valence-corrected chi connectivity index (χ4v) is 2.25. The van der Waals surface area contributed by atoms with Gasteiger partial charge in [-0.2, -0.15) is 0 Å². The Morgan fingerprint density at radius 3 is 2.75 bits per heavy atom. The lowest BCUT2D eigenvalue weighted by molar-refractivity contribution is 0.398. The summed E-state index contributed by atoms with van der Waals surface area (Å²) >= 11 is 2.20. The van der Waals surface area contributed by atoms with E-state index in [1.165, 1.54) is 25.7 Å². The molecule has 0 radical (unpaired) electrons. The van der Waals surface area contributed by atoms with Gasteiger partial charge in [-0.1, -0.05) is 33.1 Å². The van der Waals surface area contributed by atoms with Crippen LogP contribution in [0.1, 0.15) is 45.3 Å². The fraction of sp³-hybridized carbons (Fsp3) is 0.692. The zero-order chi connectivity index (χ0) is 11.8. The quantitative estimate of drug-likeness (QED) is 0.721. The molecule has 1 N–H and O–H groups in total. The lowest BCUT2D eigenvalue weighted by atomic mass is 9.99. The van der Waals surface area contributed by atoms with Gasteiger partial charge in [-0.15, -0.1) is 0 Å². The summed E-state index contributed by atoms with van der Waals surface area (Å²) in [7, 11) is 0. The zero-order valence-corrected chi connectivity index (χ0v) is 12.4. The molecule has 1 atom stereocenters. The van der Waals surface area contributed by atoms with Crippen molar-refractivity contribution in [3.63, 3.8) is 0 Å². The maximum atomic E-state index is 5.50. The van der Waals surface area contributed by atoms with Crippen LogP contribution in [0.2, 0.25) is 0 Å². The van der Waals surface area contributed by atoms with Crippen molar-refractivity contribution in [2.45, 2.75) is 46.1 Å². The number of halogens is 1. The molecular formula is C13H22INO. The van der Waals surface area contributed by atoms with Crippen LogP contribution < -0.4 is 5.32 Å². The molecule has 2 nitrogen and oxygen atoms in total. The van der Waals surface area contributed by atoms with E-state index in [9.17, 15) is 0 Å². The van der Waals surface area contributed by atoms with Gasteiger partial charge in [0.15, 0.2) is 3.77 Å². The standard InChI is InChI=1S/C13H22INO/c1-3-5-6-11(4-2)9-15-10-12-7-8-13(14)16-12/h7-8,11,15H,3-6,9-10H2,1-2H3. The highest BCUT2D eigenvalue weighted by Crippen LogP contribution is 2.12. The van der Waals surface area contributed by atoms with Crippen molar-refractivity contribution in [2.75, 3.05) is 6.54 Å². The van der Waals surface area contributed by atoms with Crippen molar-refractivity contribution in [3.8, 4) is 0 Å². The molecule has 1 aromatic heterocycles. The van der Waals surface area contributed by atoms with Gasteiger partial charge in [-0.25, -0.2) is 0 Å². The summed E-state index contributed by atoms with van der Waals surface area (Å²) in [6.07, 6.45) is 5.25. The SMILES string of the molecule is CCCCC(CC)CNCc1ccc(I)o1. The van der Waals surface area contributed by atoms with Crippen molar-refractivity contribution in [2.24, 2.45) is 5.92 Å². The minimum absolute atomic E-state index is 0.814. The Morgan fingerprint density at radius 2 is 2.19 bits per heavy atom. The van der Waals surface area contributed by atoms with Gasteiger partial charge in [0.1, 0.15) is 5.76 Å². The average Bonchev–Trinajstić information content (AvgIpc) is 2.69. The molecule has 0 amide bonds. The number of rotatable bonds is 8. The molecular weight excluding hydrogens is 313 g/mol. The molecule has 1 rings (SSSR count). The van der Waals surface area contributed by atoms with Crippen molar-refractivity contribution >= 4 is 22.6 Å². The first kappa shape index (κ1) is 14.0. The Balaban J connectivity index is 2.17. The lowest BCUT2D eigenvalue weighted by Crippen LogP contribution is -2.21. The maximum absolute atomic E-state index is 5.50. The summed E-state index contributed by atoms with van der Waals surface area (Å²) in [5.74, 6) is 1.85. The molecule has 0 aliphatic rings. The summed E-state index contributed by atoms with van der Waals surface area (Å²) in [6, 6.07) is 4.05. The maximum Gasteiger partial charge on any atom is 0.164 e. The van der Waals surface area contributed by atoms with E-state index in [0.717, 1.165) is 28.5 Å². The van der Waals surface area contributed by atoms with E-state index in [1.807, 2.05) is 12.1 Å². The van der Waals surface area contributed by atoms with Crippen molar-refractivity contribution in [1.82, 2.24) is 5.32 Å². The molecule has 0 fully saturated rings. The minimum atomic E-state index is 0.814. The van der Waals surface area contributed by atoms with Gasteiger partial charge in [-0.05, 0) is 53.6 Å². The fourth-order valence-electron chi connectivity index (χ4n) is 1.79. The smallest absolute Gasteiger partial charge is 0.164 e. The van der Waals surface area contributed by atoms with Crippen LogP contribution in [-0.2, 0) is 6.54 Å². The Labute approximate surface area is 112 Å². The largest absolute Gasteiger partial charge is 0.454 e. The van der Waals surface area contributed by atoms with E-state index in [2.05, 4.69) is 41.8 Å². The number of hydrogen-bond acceptors (Lipinski definition) is 2. The molecule has 16 heavy (non-hydrogen) atoms. The van der Waals surface area contributed by atoms with Gasteiger partial charge in [0.2, 0.25) is 0 Å². The molecule has 1 aromatic rings. The molecule has 0 saturated heterocycles. The van der Waals surface area contributed by atoms with Gasteiger partial charge < -0.3 is 9.73 Å². The Bertz CT molecular complexity index is 285. The van der Waals surface area contributed by atoms with E-state index in [0.29, 0.717) is 0 Å². The van der Waals surface area contributed by atoms with Gasteiger partial charge >= 0.3 is 0 Å². The highest BCUT2D eigenvalue weighted by molar-refractivity contribution is 14.1. The lowest BCUT2D eigenvalue weighted by Gasteiger charge is -2.14. The topological polar surface area (TPSA) is 25.2 Å². The summed E-state index contributed by atoms with van der Waals surface area (Å²) in [6.45, 7) is 6.49. The predicted octanol–water partition coefficient (Wildman–Crippen LogP) is 4.19. The second-order valence-electron chi connectivity index (χ2n) is 4.25. The van der Waals surface area contributed by atoms with Crippen LogP contribution in [0.4, 0.5) is 0 Å². The molecule has 1 unspecified atom stereocenters. The second kappa shape index (κ2) is 8.12. The minimum Gasteiger partial charge on any atom is -0.454 e. The molecule has 0 bridgehead atoms. The van der Waals surface area contributed by atoms with E-state index >= 15 is 0 Å². The zero-order valence-electron chi connectivity index (χ0n) is 10.3. The second-order valence-corrected chi connectivity index (χ2v) is 5.32. The molecule has 92 valence electrons. The molecule has 3 heteroatoms. The number of unbranched alkanes of at least 4 members (excludes halogenated alkanes) is 1. The summed E-state index contributed by atoms with van der Waals surface area (Å²) in [5, 5.41) is 3.48. The number of nitrogens with one attached hydrogen (secondary N) is 1. The number of furan rings is 1. The first-order valence-electron chi connectivity index (χ1n) is 6.21. The highest BCUT2D eigenvalue weighted by atomic mass is 127. The Kier molecular flexibility index (Phi) is 7.12. The summed E-state index contributed by atoms with van der Waals surface area (Å²) in [5.41, 5.74) is 0. The Hall–Kier alpha value is -0.0300. The Morgan fingerprint density at radius 1 is 1.38 bits per heavy atom. The third kappa shape index (κ3) is 5.34. The third-order valence-electron chi connectivity index (χ3n) is 2.90. The summed E-state index contributed by atoms with van der Waals surface area (Å²) in [4.78, 5) is 0. The van der Waals surface area contributed by atoms with Gasteiger partial charge in [0.05, 0.1) is 6.54 Å². The van der Waals surface area contributed by atoms with Crippen LogP contribution in [0.3, 0.4) is 0 Å². The van der Waals surface area contributed by atoms with Gasteiger partial charge in [0, 0.05) is 0 Å². The van der Waals surface area contributed by atoms with Gasteiger partial charge in [0.25, 0.3) is 0 Å². The van der Waals surface area contributed by atoms with E-state index in [4.69, 9.17) is 4.42 Å². The molecule has 0 aliphatic heterocycles. The predicted molar refractivity (Wildman–Crippen MR) is 76.4 cm³/mol. The van der Waals surface area contributed by atoms with Crippen LogP contribution >= 0.6 is 22.6 Å². The number of hydrogen-bond donors (Lipinski definition) is 1. The van der Waals surface area contributed by atoms with Crippen molar-refractivity contribution in [1.29, 1.82) is 0 Å². The molecule has 0 spiro atoms. The summed E-state index contributed by atoms with van der Waals surface area (Å²) < 4.78 is 6.47. The van der Waals surface area contributed by atoms with E-state index in [-0.39, 0.29) is 0 Å². The van der Waals surface area contributed by atoms with Crippen LogP contribution in [0.15, 0.2) is 16.5 Å². The molecule has 0 aliphatic carbocycles. The van der Waals surface area contributed by atoms with Crippen LogP contribution in [0, 0.1) is 9.68 Å². The first-order valence-corrected chi connectivity index (χ1v) is 7.29. The van der Waals surface area contributed by atoms with Crippen LogP contribution in [0.25, 0.3) is 0 Å². The van der Waals surface area contributed by atoms with Crippen LogP contribution in [0.5, 0.6) is 0 Å². The third-order valence-corrected chi connectivity index (χ3v) is 3.48. The molecule has 0 aromatic carbocycles. The average molecular weight is 335 g/mol. The molecule has 1 heterocycles.